The molecular formula is C21H20N10O7S2. The zero-order chi connectivity index (χ0) is 28.4. The summed E-state index contributed by atoms with van der Waals surface area (Å²) in [5.74, 6) is -2.54. The van der Waals surface area contributed by atoms with Gasteiger partial charge in [-0.15, -0.1) is 11.8 Å². The predicted molar refractivity (Wildman–Crippen MR) is 136 cm³/mol. The molecule has 1 fully saturated rings. The van der Waals surface area contributed by atoms with Crippen LogP contribution in [0.5, 0.6) is 0 Å². The summed E-state index contributed by atoms with van der Waals surface area (Å²) in [6.45, 7) is -0.185. The van der Waals surface area contributed by atoms with Crippen LogP contribution in [0.15, 0.2) is 41.0 Å². The summed E-state index contributed by atoms with van der Waals surface area (Å²) in [7, 11) is 1.36. The zero-order valence-electron chi connectivity index (χ0n) is 20.5. The Hall–Kier alpha value is -4.62. The number of aliphatic carboxylic acids is 1. The van der Waals surface area contributed by atoms with Gasteiger partial charge in [0.15, 0.2) is 11.3 Å². The van der Waals surface area contributed by atoms with E-state index in [9.17, 15) is 24.3 Å². The van der Waals surface area contributed by atoms with Crippen LogP contribution < -0.4 is 26.0 Å². The Labute approximate surface area is 232 Å². The van der Waals surface area contributed by atoms with Gasteiger partial charge in [-0.2, -0.15) is 9.36 Å². The lowest BCUT2D eigenvalue weighted by Crippen LogP contribution is -2.71. The smallest absolute Gasteiger partial charge is 0.309 e. The van der Waals surface area contributed by atoms with Crippen molar-refractivity contribution in [3.8, 4) is 0 Å². The number of imidazole rings is 1. The molecule has 1 saturated heterocycles. The third-order valence-electron chi connectivity index (χ3n) is 5.82. The molecule has 2 aliphatic heterocycles. The van der Waals surface area contributed by atoms with Crippen molar-refractivity contribution < 1.29 is 38.4 Å². The number of carbonyl (C=O) groups excluding carboxylic acids is 4. The number of rotatable bonds is 11. The minimum absolute atomic E-state index is 0.0735. The third-order valence-corrected chi connectivity index (χ3v) is 7.70. The van der Waals surface area contributed by atoms with E-state index in [1.807, 2.05) is 0 Å². The van der Waals surface area contributed by atoms with Crippen molar-refractivity contribution in [1.82, 2.24) is 29.2 Å². The number of methoxy groups -OCH3 is 1. The molecule has 2 aliphatic rings. The number of hydrogen-bond acceptors (Lipinski definition) is 14. The molecule has 208 valence electrons. The van der Waals surface area contributed by atoms with E-state index in [1.165, 1.54) is 29.6 Å². The molecule has 5 heterocycles. The lowest BCUT2D eigenvalue weighted by Gasteiger charge is -2.50. The SMILES string of the molecule is COCO/N=C(\C(=O)N[C@@H]1C(=O)N2C(C(=O)[O-])=C(C[n+]3cc(NC=O)n4ncccc43)CS[C@H]12)c1nsc(N)n1. The van der Waals surface area contributed by atoms with Gasteiger partial charge in [0.05, 0.1) is 17.9 Å². The van der Waals surface area contributed by atoms with Gasteiger partial charge in [0.25, 0.3) is 17.6 Å². The fraction of sp³-hybridized carbons (Fsp3) is 0.286. The number of oxime groups is 1. The first-order valence-electron chi connectivity index (χ1n) is 11.4. The van der Waals surface area contributed by atoms with Crippen molar-refractivity contribution in [1.29, 1.82) is 0 Å². The quantitative estimate of drug-likeness (QED) is 0.0389. The Morgan fingerprint density at radius 3 is 2.95 bits per heavy atom. The van der Waals surface area contributed by atoms with E-state index < -0.39 is 29.2 Å². The second kappa shape index (κ2) is 11.2. The molecule has 17 nitrogen and oxygen atoms in total. The lowest BCUT2D eigenvalue weighted by molar-refractivity contribution is -0.662. The maximum atomic E-state index is 13.1. The fourth-order valence-corrected chi connectivity index (χ4v) is 5.96. The lowest BCUT2D eigenvalue weighted by atomic mass is 10.0. The molecule has 0 unspecified atom stereocenters. The Morgan fingerprint density at radius 2 is 2.25 bits per heavy atom. The van der Waals surface area contributed by atoms with Gasteiger partial charge in [-0.1, -0.05) is 14.8 Å². The van der Waals surface area contributed by atoms with E-state index in [0.717, 1.165) is 16.4 Å². The second-order valence-corrected chi connectivity index (χ2v) is 10.1. The highest BCUT2D eigenvalue weighted by molar-refractivity contribution is 8.00. The molecule has 3 aromatic rings. The van der Waals surface area contributed by atoms with Crippen molar-refractivity contribution >= 4 is 69.8 Å². The summed E-state index contributed by atoms with van der Waals surface area (Å²) in [4.78, 5) is 59.3. The number of hydrogen-bond donors (Lipinski definition) is 3. The summed E-state index contributed by atoms with van der Waals surface area (Å²) in [5, 5.41) is 24.6. The van der Waals surface area contributed by atoms with Crippen LogP contribution in [0.3, 0.4) is 0 Å². The van der Waals surface area contributed by atoms with Gasteiger partial charge >= 0.3 is 5.65 Å². The summed E-state index contributed by atoms with van der Waals surface area (Å²) >= 11 is 2.10. The van der Waals surface area contributed by atoms with E-state index >= 15 is 0 Å². The van der Waals surface area contributed by atoms with Crippen LogP contribution in [0.1, 0.15) is 5.82 Å². The van der Waals surface area contributed by atoms with Gasteiger partial charge in [-0.25, -0.2) is 4.57 Å². The Kier molecular flexibility index (Phi) is 7.58. The van der Waals surface area contributed by atoms with E-state index in [4.69, 9.17) is 15.3 Å². The van der Waals surface area contributed by atoms with Crippen LogP contribution in [-0.2, 0) is 35.3 Å². The van der Waals surface area contributed by atoms with Crippen LogP contribution in [0.2, 0.25) is 0 Å². The van der Waals surface area contributed by atoms with Crippen molar-refractivity contribution in [3.05, 3.63) is 41.6 Å². The first-order valence-corrected chi connectivity index (χ1v) is 13.2. The molecule has 19 heteroatoms. The number of anilines is 2. The van der Waals surface area contributed by atoms with E-state index in [1.54, 1.807) is 22.9 Å². The summed E-state index contributed by atoms with van der Waals surface area (Å²) < 4.78 is 11.9. The summed E-state index contributed by atoms with van der Waals surface area (Å²) in [5.41, 5.74) is 5.97. The molecule has 0 spiro atoms. The topological polar surface area (TPSA) is 222 Å². The largest absolute Gasteiger partial charge is 0.543 e. The number of nitrogens with two attached hydrogens (primary N) is 1. The average Bonchev–Trinajstić information content (AvgIpc) is 3.52. The molecule has 0 aliphatic carbocycles. The molecule has 0 radical (unpaired) electrons. The number of ether oxygens (including phenoxy) is 1. The van der Waals surface area contributed by atoms with E-state index in [2.05, 4.69) is 30.2 Å². The second-order valence-electron chi connectivity index (χ2n) is 8.23. The van der Waals surface area contributed by atoms with Gasteiger partial charge in [-0.3, -0.25) is 24.6 Å². The highest BCUT2D eigenvalue weighted by Crippen LogP contribution is 2.40. The van der Waals surface area contributed by atoms with E-state index in [0.29, 0.717) is 23.4 Å². The average molecular weight is 589 g/mol. The number of nitrogens with one attached hydrogen (secondary N) is 2. The first kappa shape index (κ1) is 27.0. The van der Waals surface area contributed by atoms with Crippen molar-refractivity contribution in [2.75, 3.05) is 30.7 Å². The number of fused-ring (bicyclic) bond motifs is 2. The summed E-state index contributed by atoms with van der Waals surface area (Å²) in [6.07, 6.45) is 3.63. The predicted octanol–water partition coefficient (Wildman–Crippen LogP) is -2.95. The van der Waals surface area contributed by atoms with Crippen LogP contribution >= 0.6 is 23.3 Å². The normalized spacial score (nSPS) is 18.8. The minimum Gasteiger partial charge on any atom is -0.543 e. The molecule has 0 aromatic carbocycles. The van der Waals surface area contributed by atoms with Crippen LogP contribution in [-0.4, -0.2) is 84.8 Å². The zero-order valence-corrected chi connectivity index (χ0v) is 22.2. The Bertz CT molecular complexity index is 1570. The van der Waals surface area contributed by atoms with Gasteiger partial charge < -0.3 is 30.5 Å². The molecule has 40 heavy (non-hydrogen) atoms. The fourth-order valence-electron chi connectivity index (χ4n) is 4.19. The van der Waals surface area contributed by atoms with E-state index in [-0.39, 0.29) is 41.5 Å². The number of thioether (sulfide) groups is 1. The van der Waals surface area contributed by atoms with Crippen molar-refractivity contribution in [3.63, 3.8) is 0 Å². The molecule has 0 bridgehead atoms. The number of β-lactam (4-membered cyclic amide) rings is 1. The number of carbonyl (C=O) groups is 4. The van der Waals surface area contributed by atoms with Gasteiger partial charge in [0.1, 0.15) is 18.0 Å². The number of carboxylic acids is 1. The van der Waals surface area contributed by atoms with Gasteiger partial charge in [0, 0.05) is 36.0 Å². The van der Waals surface area contributed by atoms with Crippen LogP contribution in [0.4, 0.5) is 10.9 Å². The Morgan fingerprint density at radius 1 is 1.43 bits per heavy atom. The molecule has 3 aromatic heterocycles. The highest BCUT2D eigenvalue weighted by atomic mass is 32.2. The van der Waals surface area contributed by atoms with Crippen LogP contribution in [0.25, 0.3) is 5.65 Å². The van der Waals surface area contributed by atoms with Crippen LogP contribution in [0, 0.1) is 0 Å². The highest BCUT2D eigenvalue weighted by Gasteiger charge is 2.53. The third kappa shape index (κ3) is 4.92. The number of nitrogen functional groups attached to an aromatic ring is 1. The monoisotopic (exact) mass is 588 g/mol. The molecule has 4 N–H and O–H groups in total. The van der Waals surface area contributed by atoms with Crippen molar-refractivity contribution in [2.45, 2.75) is 18.0 Å². The number of aromatic nitrogens is 5. The molecule has 3 amide bonds. The maximum absolute atomic E-state index is 13.1. The number of nitrogens with zero attached hydrogens (tertiary/aromatic N) is 7. The standard InChI is InChI=1S/C21H20N10O7S2/c1-37-9-38-27-13(16-26-21(22)40-28-16)17(33)25-14-18(34)30-15(20(35)36)10(7-39-19(14)30)5-29-6-11(23-8-32)31-12(29)3-2-4-24-31/h2-4,6,8,14,19H,5,7,9H2,1H3,(H4-,22,23,24,25,26,28,32,33,35,36)/b27-13-/t14-,19-/m1/s1. The molecular weight excluding hydrogens is 568 g/mol. The minimum atomic E-state index is -1.54. The number of carboxylic acid groups (broad SMARTS) is 1. The van der Waals surface area contributed by atoms with Gasteiger partial charge in [-0.05, 0) is 6.07 Å². The molecule has 2 atom stereocenters. The van der Waals surface area contributed by atoms with Crippen molar-refractivity contribution in [2.24, 2.45) is 5.16 Å². The Balaban J connectivity index is 1.38. The molecule has 5 rings (SSSR count). The summed E-state index contributed by atoms with van der Waals surface area (Å²) in [6, 6.07) is 2.37. The molecule has 0 saturated carbocycles. The maximum Gasteiger partial charge on any atom is 0.309 e. The van der Waals surface area contributed by atoms with Gasteiger partial charge in [0.2, 0.25) is 24.7 Å². The number of amides is 3. The first-order chi connectivity index (χ1) is 19.3.